The molecule has 4 heteroatoms. The van der Waals surface area contributed by atoms with Crippen LogP contribution in [-0.2, 0) is 0 Å². The zero-order chi connectivity index (χ0) is 10.1. The van der Waals surface area contributed by atoms with E-state index < -0.39 is 6.43 Å². The Morgan fingerprint density at radius 1 is 1.21 bits per heavy atom. The first-order chi connectivity index (χ1) is 6.66. The minimum atomic E-state index is -2.20. The van der Waals surface area contributed by atoms with E-state index in [1.165, 1.54) is 6.42 Å². The first-order valence-corrected chi connectivity index (χ1v) is 5.46. The highest BCUT2D eigenvalue weighted by Gasteiger charge is 2.37. The van der Waals surface area contributed by atoms with Crippen LogP contribution in [0.5, 0.6) is 0 Å². The molecule has 0 spiro atoms. The van der Waals surface area contributed by atoms with Crippen LogP contribution in [-0.4, -0.2) is 36.0 Å². The van der Waals surface area contributed by atoms with Crippen LogP contribution < -0.4 is 5.73 Å². The van der Waals surface area contributed by atoms with Gasteiger partial charge in [-0.2, -0.15) is 0 Å². The molecule has 2 rings (SSSR count). The molecule has 0 amide bonds. The summed E-state index contributed by atoms with van der Waals surface area (Å²) >= 11 is 0. The van der Waals surface area contributed by atoms with Gasteiger partial charge in [-0.1, -0.05) is 6.42 Å². The van der Waals surface area contributed by atoms with Gasteiger partial charge in [-0.15, -0.1) is 0 Å². The monoisotopic (exact) mass is 204 g/mol. The third kappa shape index (κ3) is 2.06. The van der Waals surface area contributed by atoms with Crippen molar-refractivity contribution in [2.45, 2.75) is 56.7 Å². The molecule has 14 heavy (non-hydrogen) atoms. The standard InChI is InChI=1S/C10H18F2N2/c11-10(12)6-14-8-2-1-3-9(14)5-7(13)4-8/h7-10H,1-6,13H2. The van der Waals surface area contributed by atoms with E-state index in [0.717, 1.165) is 25.7 Å². The van der Waals surface area contributed by atoms with E-state index in [2.05, 4.69) is 0 Å². The van der Waals surface area contributed by atoms with E-state index in [1.807, 2.05) is 4.90 Å². The molecule has 2 heterocycles. The Morgan fingerprint density at radius 2 is 1.79 bits per heavy atom. The largest absolute Gasteiger partial charge is 0.328 e. The lowest BCUT2D eigenvalue weighted by atomic mass is 9.82. The van der Waals surface area contributed by atoms with Crippen LogP contribution in [0.25, 0.3) is 0 Å². The summed E-state index contributed by atoms with van der Waals surface area (Å²) in [6, 6.07) is 0.886. The molecule has 2 saturated heterocycles. The fourth-order valence-corrected chi connectivity index (χ4v) is 2.98. The van der Waals surface area contributed by atoms with E-state index in [-0.39, 0.29) is 12.6 Å². The van der Waals surface area contributed by atoms with Crippen molar-refractivity contribution in [3.8, 4) is 0 Å². The van der Waals surface area contributed by atoms with Crippen molar-refractivity contribution in [1.82, 2.24) is 4.90 Å². The molecule has 2 aliphatic rings. The molecule has 82 valence electrons. The summed E-state index contributed by atoms with van der Waals surface area (Å²) in [7, 11) is 0. The Bertz CT molecular complexity index is 185. The lowest BCUT2D eigenvalue weighted by molar-refractivity contribution is -0.0151. The molecule has 2 aliphatic heterocycles. The maximum absolute atomic E-state index is 12.4. The van der Waals surface area contributed by atoms with E-state index in [4.69, 9.17) is 5.73 Å². The molecule has 0 saturated carbocycles. The summed E-state index contributed by atoms with van der Waals surface area (Å²) < 4.78 is 24.7. The molecule has 2 unspecified atom stereocenters. The van der Waals surface area contributed by atoms with Crippen molar-refractivity contribution in [1.29, 1.82) is 0 Å². The van der Waals surface area contributed by atoms with Crippen molar-refractivity contribution in [3.63, 3.8) is 0 Å². The Kier molecular flexibility index (Phi) is 3.02. The van der Waals surface area contributed by atoms with Gasteiger partial charge < -0.3 is 5.73 Å². The number of hydrogen-bond acceptors (Lipinski definition) is 2. The Morgan fingerprint density at radius 3 is 2.29 bits per heavy atom. The summed E-state index contributed by atoms with van der Waals surface area (Å²) in [5.74, 6) is 0. The maximum atomic E-state index is 12.4. The van der Waals surface area contributed by atoms with Gasteiger partial charge in [0.1, 0.15) is 0 Å². The Labute approximate surface area is 83.4 Å². The molecule has 0 radical (unpaired) electrons. The molecule has 2 fully saturated rings. The van der Waals surface area contributed by atoms with E-state index in [0.29, 0.717) is 12.1 Å². The number of nitrogens with two attached hydrogens (primary N) is 1. The molecule has 0 aliphatic carbocycles. The SMILES string of the molecule is NC1CC2CCCC(C1)N2CC(F)F. The van der Waals surface area contributed by atoms with Gasteiger partial charge in [0, 0.05) is 18.1 Å². The second-order valence-corrected chi connectivity index (χ2v) is 4.56. The second kappa shape index (κ2) is 4.11. The van der Waals surface area contributed by atoms with Crippen molar-refractivity contribution < 1.29 is 8.78 Å². The van der Waals surface area contributed by atoms with Gasteiger partial charge in [-0.3, -0.25) is 4.90 Å². The van der Waals surface area contributed by atoms with Gasteiger partial charge in [0.15, 0.2) is 0 Å². The van der Waals surface area contributed by atoms with Crippen LogP contribution in [0, 0.1) is 0 Å². The summed E-state index contributed by atoms with van der Waals surface area (Å²) in [6.45, 7) is -0.0535. The molecular weight excluding hydrogens is 186 g/mol. The number of halogens is 2. The molecule has 2 atom stereocenters. The Hall–Kier alpha value is -0.220. The second-order valence-electron chi connectivity index (χ2n) is 4.56. The van der Waals surface area contributed by atoms with E-state index in [9.17, 15) is 8.78 Å². The fraction of sp³-hybridized carbons (Fsp3) is 1.00. The number of fused-ring (bicyclic) bond motifs is 2. The van der Waals surface area contributed by atoms with Gasteiger partial charge in [0.25, 0.3) is 6.43 Å². The topological polar surface area (TPSA) is 29.3 Å². The minimum absolute atomic E-state index is 0.0535. The number of alkyl halides is 2. The van der Waals surface area contributed by atoms with Crippen LogP contribution in [0.1, 0.15) is 32.1 Å². The molecule has 2 nitrogen and oxygen atoms in total. The predicted octanol–water partition coefficient (Wildman–Crippen LogP) is 1.60. The lowest BCUT2D eigenvalue weighted by Gasteiger charge is -2.48. The molecular formula is C10H18F2N2. The van der Waals surface area contributed by atoms with Crippen molar-refractivity contribution in [2.75, 3.05) is 6.54 Å². The highest BCUT2D eigenvalue weighted by atomic mass is 19.3. The third-order valence-electron chi connectivity index (χ3n) is 3.51. The maximum Gasteiger partial charge on any atom is 0.251 e. The van der Waals surface area contributed by atoms with E-state index >= 15 is 0 Å². The van der Waals surface area contributed by atoms with Crippen LogP contribution in [0.4, 0.5) is 8.78 Å². The summed E-state index contributed by atoms with van der Waals surface area (Å²) in [6.07, 6.45) is 2.90. The number of hydrogen-bond donors (Lipinski definition) is 1. The average Bonchev–Trinajstić information content (AvgIpc) is 2.05. The minimum Gasteiger partial charge on any atom is -0.328 e. The zero-order valence-corrected chi connectivity index (χ0v) is 8.33. The van der Waals surface area contributed by atoms with Crippen molar-refractivity contribution in [2.24, 2.45) is 5.73 Å². The van der Waals surface area contributed by atoms with Crippen LogP contribution in [0.3, 0.4) is 0 Å². The van der Waals surface area contributed by atoms with E-state index in [1.54, 1.807) is 0 Å². The zero-order valence-electron chi connectivity index (χ0n) is 8.33. The predicted molar refractivity (Wildman–Crippen MR) is 51.3 cm³/mol. The van der Waals surface area contributed by atoms with Crippen LogP contribution in [0.15, 0.2) is 0 Å². The highest BCUT2D eigenvalue weighted by molar-refractivity contribution is 4.93. The van der Waals surface area contributed by atoms with Gasteiger partial charge in [-0.25, -0.2) is 8.78 Å². The summed E-state index contributed by atoms with van der Waals surface area (Å²) in [5, 5.41) is 0. The normalized spacial score (nSPS) is 39.0. The Balaban J connectivity index is 2.01. The number of piperidine rings is 2. The fourth-order valence-electron chi connectivity index (χ4n) is 2.98. The first-order valence-electron chi connectivity index (χ1n) is 5.46. The molecule has 0 aromatic carbocycles. The molecule has 0 aromatic heterocycles. The van der Waals surface area contributed by atoms with Gasteiger partial charge >= 0.3 is 0 Å². The quantitative estimate of drug-likeness (QED) is 0.740. The van der Waals surface area contributed by atoms with Crippen molar-refractivity contribution >= 4 is 0 Å². The number of nitrogens with zero attached hydrogens (tertiary/aromatic N) is 1. The summed E-state index contributed by atoms with van der Waals surface area (Å²) in [5.41, 5.74) is 5.90. The average molecular weight is 204 g/mol. The van der Waals surface area contributed by atoms with Crippen LogP contribution in [0.2, 0.25) is 0 Å². The van der Waals surface area contributed by atoms with Gasteiger partial charge in [0.2, 0.25) is 0 Å². The first kappa shape index (κ1) is 10.3. The number of rotatable bonds is 2. The van der Waals surface area contributed by atoms with Crippen LogP contribution >= 0.6 is 0 Å². The third-order valence-corrected chi connectivity index (χ3v) is 3.51. The molecule has 2 bridgehead atoms. The van der Waals surface area contributed by atoms with Crippen molar-refractivity contribution in [3.05, 3.63) is 0 Å². The van der Waals surface area contributed by atoms with Gasteiger partial charge in [-0.05, 0) is 25.7 Å². The lowest BCUT2D eigenvalue weighted by Crippen LogP contribution is -2.56. The molecule has 2 N–H and O–H groups in total. The van der Waals surface area contributed by atoms with Gasteiger partial charge in [0.05, 0.1) is 6.54 Å². The highest BCUT2D eigenvalue weighted by Crippen LogP contribution is 2.33. The smallest absolute Gasteiger partial charge is 0.251 e. The molecule has 0 aromatic rings. The summed E-state index contributed by atoms with van der Waals surface area (Å²) in [4.78, 5) is 2.00.